The minimum Gasteiger partial charge on any atom is -0.396 e. The van der Waals surface area contributed by atoms with E-state index < -0.39 is 0 Å². The van der Waals surface area contributed by atoms with Gasteiger partial charge < -0.3 is 14.5 Å². The molecule has 0 radical (unpaired) electrons. The number of hydrogen-bond acceptors (Lipinski definition) is 4. The van der Waals surface area contributed by atoms with E-state index in [1.807, 2.05) is 0 Å². The van der Waals surface area contributed by atoms with Crippen LogP contribution >= 0.6 is 0 Å². The minimum atomic E-state index is -0.109. The van der Waals surface area contributed by atoms with Gasteiger partial charge in [0.15, 0.2) is 5.69 Å². The molecule has 1 aliphatic rings. The summed E-state index contributed by atoms with van der Waals surface area (Å²) in [6, 6.07) is 1.63. The van der Waals surface area contributed by atoms with Crippen molar-refractivity contribution in [2.45, 2.75) is 13.3 Å². The zero-order valence-electron chi connectivity index (χ0n) is 8.64. The number of amides is 1. The molecule has 1 saturated heterocycles. The lowest BCUT2D eigenvalue weighted by atomic mass is 10.1. The van der Waals surface area contributed by atoms with E-state index in [0.717, 1.165) is 6.42 Å². The highest BCUT2D eigenvalue weighted by atomic mass is 16.5. The molecule has 0 bridgehead atoms. The summed E-state index contributed by atoms with van der Waals surface area (Å²) < 4.78 is 4.85. The Balaban J connectivity index is 2.03. The number of aromatic nitrogens is 1. The third-order valence-corrected chi connectivity index (χ3v) is 2.68. The van der Waals surface area contributed by atoms with Crippen LogP contribution in [-0.4, -0.2) is 40.8 Å². The number of nitrogens with zero attached hydrogens (tertiary/aromatic N) is 2. The second-order valence-electron chi connectivity index (χ2n) is 3.91. The van der Waals surface area contributed by atoms with Crippen molar-refractivity contribution in [1.82, 2.24) is 10.1 Å². The molecule has 1 N–H and O–H groups in total. The molecule has 0 saturated carbocycles. The summed E-state index contributed by atoms with van der Waals surface area (Å²) in [5, 5.41) is 12.7. The molecule has 1 aromatic rings. The molecule has 1 aromatic heterocycles. The lowest BCUT2D eigenvalue weighted by molar-refractivity contribution is 0.0771. The molecule has 1 aliphatic heterocycles. The fraction of sp³-hybridized carbons (Fsp3) is 0.600. The summed E-state index contributed by atoms with van der Waals surface area (Å²) in [5.74, 6) is 0.737. The van der Waals surface area contributed by atoms with Crippen LogP contribution in [0, 0.1) is 12.8 Å². The van der Waals surface area contributed by atoms with Crippen LogP contribution in [-0.2, 0) is 0 Å². The molecule has 82 valence electrons. The largest absolute Gasteiger partial charge is 0.396 e. The molecule has 5 heteroatoms. The normalized spacial score (nSPS) is 20.9. The minimum absolute atomic E-state index is 0.109. The Bertz CT molecular complexity index is 361. The van der Waals surface area contributed by atoms with Gasteiger partial charge in [-0.1, -0.05) is 5.16 Å². The van der Waals surface area contributed by atoms with Crippen LogP contribution in [0.25, 0.3) is 0 Å². The van der Waals surface area contributed by atoms with Crippen LogP contribution in [0.15, 0.2) is 10.6 Å². The maximum atomic E-state index is 11.8. The van der Waals surface area contributed by atoms with Gasteiger partial charge in [-0.05, 0) is 13.3 Å². The Labute approximate surface area is 87.7 Å². The van der Waals surface area contributed by atoms with Gasteiger partial charge in [-0.25, -0.2) is 0 Å². The highest BCUT2D eigenvalue weighted by Crippen LogP contribution is 2.17. The third-order valence-electron chi connectivity index (χ3n) is 2.68. The Morgan fingerprint density at radius 3 is 3.13 bits per heavy atom. The summed E-state index contributed by atoms with van der Waals surface area (Å²) >= 11 is 0. The second kappa shape index (κ2) is 4.02. The van der Waals surface area contributed by atoms with E-state index in [9.17, 15) is 4.79 Å². The first-order valence-corrected chi connectivity index (χ1v) is 5.04. The standard InChI is InChI=1S/C10H14N2O3/c1-7-4-9(11-15-7)10(14)12-3-2-8(5-12)6-13/h4,8,13H,2-3,5-6H2,1H3. The molecule has 5 nitrogen and oxygen atoms in total. The van der Waals surface area contributed by atoms with Gasteiger partial charge in [0.2, 0.25) is 0 Å². The first kappa shape index (κ1) is 10.2. The van der Waals surface area contributed by atoms with E-state index in [-0.39, 0.29) is 18.4 Å². The zero-order chi connectivity index (χ0) is 10.8. The Morgan fingerprint density at radius 2 is 2.60 bits per heavy atom. The van der Waals surface area contributed by atoms with Crippen molar-refractivity contribution in [1.29, 1.82) is 0 Å². The predicted octanol–water partition coefficient (Wildman–Crippen LogP) is 0.437. The van der Waals surface area contributed by atoms with Crippen molar-refractivity contribution < 1.29 is 14.4 Å². The van der Waals surface area contributed by atoms with Crippen molar-refractivity contribution in [2.75, 3.05) is 19.7 Å². The summed E-state index contributed by atoms with van der Waals surface area (Å²) in [5.41, 5.74) is 0.353. The number of aliphatic hydroxyl groups is 1. The maximum absolute atomic E-state index is 11.8. The highest BCUT2D eigenvalue weighted by molar-refractivity contribution is 5.92. The number of hydrogen-bond donors (Lipinski definition) is 1. The first-order chi connectivity index (χ1) is 7.20. The highest BCUT2D eigenvalue weighted by Gasteiger charge is 2.27. The van der Waals surface area contributed by atoms with Crippen LogP contribution in [0.5, 0.6) is 0 Å². The average molecular weight is 210 g/mol. The number of carbonyl (C=O) groups is 1. The molecule has 1 atom stereocenters. The third kappa shape index (κ3) is 2.02. The van der Waals surface area contributed by atoms with Crippen molar-refractivity contribution in [3.05, 3.63) is 17.5 Å². The second-order valence-corrected chi connectivity index (χ2v) is 3.91. The number of aryl methyl sites for hydroxylation is 1. The van der Waals surface area contributed by atoms with E-state index in [1.54, 1.807) is 17.9 Å². The molecule has 1 unspecified atom stereocenters. The fourth-order valence-electron chi connectivity index (χ4n) is 1.80. The average Bonchev–Trinajstić information content (AvgIpc) is 2.84. The summed E-state index contributed by atoms with van der Waals surface area (Å²) in [6.07, 6.45) is 0.860. The fourth-order valence-corrected chi connectivity index (χ4v) is 1.80. The van der Waals surface area contributed by atoms with Crippen molar-refractivity contribution in [2.24, 2.45) is 5.92 Å². The van der Waals surface area contributed by atoms with Gasteiger partial charge in [-0.2, -0.15) is 0 Å². The van der Waals surface area contributed by atoms with Crippen LogP contribution in [0.1, 0.15) is 22.7 Å². The number of rotatable bonds is 2. The van der Waals surface area contributed by atoms with Crippen molar-refractivity contribution in [3.63, 3.8) is 0 Å². The predicted molar refractivity (Wildman–Crippen MR) is 52.3 cm³/mol. The van der Waals surface area contributed by atoms with Gasteiger partial charge in [0.05, 0.1) is 0 Å². The molecular formula is C10H14N2O3. The molecule has 15 heavy (non-hydrogen) atoms. The molecule has 1 fully saturated rings. The summed E-state index contributed by atoms with van der Waals surface area (Å²) in [4.78, 5) is 13.6. The smallest absolute Gasteiger partial charge is 0.276 e. The summed E-state index contributed by atoms with van der Waals surface area (Å²) in [6.45, 7) is 3.20. The van der Waals surface area contributed by atoms with Gasteiger partial charge >= 0.3 is 0 Å². The van der Waals surface area contributed by atoms with Gasteiger partial charge in [0.25, 0.3) is 5.91 Å². The number of likely N-dealkylation sites (tertiary alicyclic amines) is 1. The maximum Gasteiger partial charge on any atom is 0.276 e. The Morgan fingerprint density at radius 1 is 1.80 bits per heavy atom. The van der Waals surface area contributed by atoms with Gasteiger partial charge in [-0.15, -0.1) is 0 Å². The SMILES string of the molecule is Cc1cc(C(=O)N2CCC(CO)C2)no1. The molecule has 0 aliphatic carbocycles. The van der Waals surface area contributed by atoms with Crippen molar-refractivity contribution in [3.8, 4) is 0 Å². The molecule has 0 spiro atoms. The quantitative estimate of drug-likeness (QED) is 0.769. The van der Waals surface area contributed by atoms with Gasteiger partial charge in [0.1, 0.15) is 5.76 Å². The van der Waals surface area contributed by atoms with Crippen LogP contribution in [0.4, 0.5) is 0 Å². The number of aliphatic hydroxyl groups excluding tert-OH is 1. The Kier molecular flexibility index (Phi) is 2.73. The van der Waals surface area contributed by atoms with E-state index >= 15 is 0 Å². The van der Waals surface area contributed by atoms with E-state index in [0.29, 0.717) is 24.5 Å². The number of carbonyl (C=O) groups excluding carboxylic acids is 1. The van der Waals surface area contributed by atoms with Crippen LogP contribution in [0.3, 0.4) is 0 Å². The van der Waals surface area contributed by atoms with E-state index in [2.05, 4.69) is 5.16 Å². The van der Waals surface area contributed by atoms with E-state index in [4.69, 9.17) is 9.63 Å². The zero-order valence-corrected chi connectivity index (χ0v) is 8.64. The lowest BCUT2D eigenvalue weighted by Gasteiger charge is -2.13. The van der Waals surface area contributed by atoms with Gasteiger partial charge in [-0.3, -0.25) is 4.79 Å². The lowest BCUT2D eigenvalue weighted by Crippen LogP contribution is -2.29. The molecule has 1 amide bonds. The monoisotopic (exact) mass is 210 g/mol. The molecule has 0 aromatic carbocycles. The summed E-state index contributed by atoms with van der Waals surface area (Å²) in [7, 11) is 0. The molecule has 2 rings (SSSR count). The van der Waals surface area contributed by atoms with Crippen molar-refractivity contribution >= 4 is 5.91 Å². The topological polar surface area (TPSA) is 66.6 Å². The first-order valence-electron chi connectivity index (χ1n) is 5.04. The van der Waals surface area contributed by atoms with E-state index in [1.165, 1.54) is 0 Å². The Hall–Kier alpha value is -1.36. The molecule has 2 heterocycles. The van der Waals surface area contributed by atoms with Crippen LogP contribution in [0.2, 0.25) is 0 Å². The van der Waals surface area contributed by atoms with Gasteiger partial charge in [0, 0.05) is 31.7 Å². The van der Waals surface area contributed by atoms with Crippen LogP contribution < -0.4 is 0 Å². The molecular weight excluding hydrogens is 196 g/mol.